The summed E-state index contributed by atoms with van der Waals surface area (Å²) in [4.78, 5) is 19.0. The molecule has 2 heterocycles. The normalized spacial score (nSPS) is 26.5. The van der Waals surface area contributed by atoms with E-state index in [1.807, 2.05) is 13.0 Å². The lowest BCUT2D eigenvalue weighted by molar-refractivity contribution is -0.275. The zero-order valence-corrected chi connectivity index (χ0v) is 25.2. The molecule has 0 bridgehead atoms. The van der Waals surface area contributed by atoms with Crippen LogP contribution in [0.3, 0.4) is 0 Å². The topological polar surface area (TPSA) is 74.9 Å². The van der Waals surface area contributed by atoms with E-state index in [0.29, 0.717) is 10.1 Å². The molecular weight excluding hydrogens is 646 g/mol. The maximum absolute atomic E-state index is 14.5. The summed E-state index contributed by atoms with van der Waals surface area (Å²) in [5.41, 5.74) is -3.93. The molecule has 6 nitrogen and oxygen atoms in total. The first-order valence-electron chi connectivity index (χ1n) is 11.9. The Balaban J connectivity index is 1.57. The minimum atomic E-state index is -4.85. The SMILES string of the molecule is CC1C=C(C2(C#N)CN(C(=O)OC(C)(C)C)C2)C(Br)=CC1C1=NOC(c2cc(Cl)c(Cl)c(Cl)c2)(C(F)(F)F)C1. The molecule has 1 aliphatic carbocycles. The van der Waals surface area contributed by atoms with E-state index in [2.05, 4.69) is 27.2 Å². The second kappa shape index (κ2) is 10.2. The molecule has 13 heteroatoms. The quantitative estimate of drug-likeness (QED) is 0.303. The first-order chi connectivity index (χ1) is 17.9. The number of amides is 1. The van der Waals surface area contributed by atoms with Gasteiger partial charge >= 0.3 is 12.3 Å². The molecule has 39 heavy (non-hydrogen) atoms. The van der Waals surface area contributed by atoms with Crippen LogP contribution in [0, 0.1) is 28.6 Å². The van der Waals surface area contributed by atoms with Crippen LogP contribution in [0.25, 0.3) is 0 Å². The van der Waals surface area contributed by atoms with Crippen LogP contribution in [0.1, 0.15) is 39.7 Å². The van der Waals surface area contributed by atoms with Crippen LogP contribution in [0.2, 0.25) is 15.1 Å². The third kappa shape index (κ3) is 5.40. The summed E-state index contributed by atoms with van der Waals surface area (Å²) in [5.74, 6) is -0.880. The zero-order valence-electron chi connectivity index (χ0n) is 21.3. The van der Waals surface area contributed by atoms with Crippen LogP contribution in [0.15, 0.2) is 39.5 Å². The summed E-state index contributed by atoms with van der Waals surface area (Å²) in [6.07, 6.45) is -2.39. The van der Waals surface area contributed by atoms with E-state index in [-0.39, 0.29) is 45.4 Å². The van der Waals surface area contributed by atoms with Gasteiger partial charge in [0.1, 0.15) is 11.0 Å². The summed E-state index contributed by atoms with van der Waals surface area (Å²) in [7, 11) is 0. The van der Waals surface area contributed by atoms with Crippen molar-refractivity contribution >= 4 is 62.5 Å². The number of ether oxygens (including phenoxy) is 1. The predicted octanol–water partition coefficient (Wildman–Crippen LogP) is 8.41. The Hall–Kier alpha value is -1.93. The van der Waals surface area contributed by atoms with E-state index in [4.69, 9.17) is 44.4 Å². The van der Waals surface area contributed by atoms with Crippen molar-refractivity contribution in [2.24, 2.45) is 22.4 Å². The highest BCUT2D eigenvalue weighted by Crippen LogP contribution is 2.53. The van der Waals surface area contributed by atoms with Gasteiger partial charge in [-0.05, 0) is 44.4 Å². The molecule has 1 fully saturated rings. The van der Waals surface area contributed by atoms with Gasteiger partial charge in [-0.25, -0.2) is 4.79 Å². The van der Waals surface area contributed by atoms with Gasteiger partial charge in [0, 0.05) is 35.5 Å². The molecule has 0 radical (unpaired) electrons. The third-order valence-electron chi connectivity index (χ3n) is 6.92. The second-order valence-electron chi connectivity index (χ2n) is 10.9. The molecule has 0 N–H and O–H groups in total. The summed E-state index contributed by atoms with van der Waals surface area (Å²) >= 11 is 21.5. The number of nitrogens with zero attached hydrogens (tertiary/aromatic N) is 3. The second-order valence-corrected chi connectivity index (χ2v) is 13.0. The van der Waals surface area contributed by atoms with Crippen molar-refractivity contribution in [2.45, 2.75) is 51.5 Å². The molecule has 1 saturated heterocycles. The highest BCUT2D eigenvalue weighted by molar-refractivity contribution is 9.12. The molecule has 1 aromatic rings. The summed E-state index contributed by atoms with van der Waals surface area (Å²) in [6.45, 7) is 7.35. The number of alkyl halides is 3. The first kappa shape index (κ1) is 30.0. The standard InChI is InChI=1S/C26H24BrCl3F3N3O3/c1-13-5-16(24(10-34)11-36(12-24)22(37)38-23(2,3)4)17(27)8-15(13)20-9-25(39-35-20,26(31,32)33)14-6-18(28)21(30)19(29)7-14/h5-8,13,15H,9,11-12H2,1-4H3. The maximum Gasteiger partial charge on any atom is 0.435 e. The van der Waals surface area contributed by atoms with E-state index < -0.39 is 41.2 Å². The third-order valence-corrected chi connectivity index (χ3v) is 8.81. The van der Waals surface area contributed by atoms with Gasteiger partial charge < -0.3 is 14.5 Å². The van der Waals surface area contributed by atoms with Crippen molar-refractivity contribution < 1.29 is 27.5 Å². The Kier molecular flexibility index (Phi) is 7.83. The van der Waals surface area contributed by atoms with Crippen molar-refractivity contribution in [3.8, 4) is 6.07 Å². The number of rotatable bonds is 3. The summed E-state index contributed by atoms with van der Waals surface area (Å²) in [6, 6.07) is 4.47. The molecule has 0 saturated carbocycles. The van der Waals surface area contributed by atoms with Gasteiger partial charge in [0.2, 0.25) is 0 Å². The van der Waals surface area contributed by atoms with Crippen LogP contribution < -0.4 is 0 Å². The Morgan fingerprint density at radius 3 is 2.31 bits per heavy atom. The van der Waals surface area contributed by atoms with Crippen LogP contribution in [0.4, 0.5) is 18.0 Å². The molecule has 0 aromatic heterocycles. The summed E-state index contributed by atoms with van der Waals surface area (Å²) in [5, 5.41) is 13.6. The van der Waals surface area contributed by atoms with Gasteiger partial charge in [0.05, 0.1) is 26.8 Å². The van der Waals surface area contributed by atoms with E-state index in [1.165, 1.54) is 4.90 Å². The Morgan fingerprint density at radius 2 is 1.79 bits per heavy atom. The molecule has 3 aliphatic rings. The largest absolute Gasteiger partial charge is 0.444 e. The fraction of sp³-hybridized carbons (Fsp3) is 0.500. The zero-order chi connectivity index (χ0) is 29.1. The van der Waals surface area contributed by atoms with E-state index in [0.717, 1.165) is 12.1 Å². The van der Waals surface area contributed by atoms with Crippen molar-refractivity contribution in [2.75, 3.05) is 13.1 Å². The predicted molar refractivity (Wildman–Crippen MR) is 146 cm³/mol. The van der Waals surface area contributed by atoms with Gasteiger partial charge in [-0.2, -0.15) is 18.4 Å². The van der Waals surface area contributed by atoms with Crippen LogP contribution in [-0.4, -0.2) is 41.6 Å². The van der Waals surface area contributed by atoms with Gasteiger partial charge in [0.15, 0.2) is 0 Å². The number of hydrogen-bond donors (Lipinski definition) is 0. The number of carbonyl (C=O) groups excluding carboxylic acids is 1. The lowest BCUT2D eigenvalue weighted by atomic mass is 9.69. The Bertz CT molecular complexity index is 1320. The van der Waals surface area contributed by atoms with Crippen molar-refractivity contribution in [3.05, 3.63) is 55.0 Å². The Morgan fingerprint density at radius 1 is 1.21 bits per heavy atom. The van der Waals surface area contributed by atoms with Crippen molar-refractivity contribution in [1.29, 1.82) is 5.26 Å². The van der Waals surface area contributed by atoms with E-state index in [1.54, 1.807) is 26.8 Å². The highest BCUT2D eigenvalue weighted by Gasteiger charge is 2.63. The number of nitriles is 1. The Labute approximate surface area is 247 Å². The van der Waals surface area contributed by atoms with E-state index >= 15 is 0 Å². The molecule has 2 aliphatic heterocycles. The lowest BCUT2D eigenvalue weighted by Crippen LogP contribution is -2.59. The molecule has 0 spiro atoms. The monoisotopic (exact) mass is 667 g/mol. The molecule has 3 atom stereocenters. The summed E-state index contributed by atoms with van der Waals surface area (Å²) < 4.78 is 49.3. The molecule has 3 unspecified atom stereocenters. The molecular formula is C26H24BrCl3F3N3O3. The van der Waals surface area contributed by atoms with Crippen LogP contribution >= 0.6 is 50.7 Å². The van der Waals surface area contributed by atoms with Crippen LogP contribution in [0.5, 0.6) is 0 Å². The van der Waals surface area contributed by atoms with Gasteiger partial charge in [0.25, 0.3) is 5.60 Å². The number of allylic oxidation sites excluding steroid dienone is 3. The molecule has 210 valence electrons. The number of hydrogen-bond acceptors (Lipinski definition) is 5. The fourth-order valence-corrected chi connectivity index (χ4v) is 6.28. The van der Waals surface area contributed by atoms with Gasteiger partial charge in [-0.3, -0.25) is 0 Å². The number of oxime groups is 1. The number of carbonyl (C=O) groups is 1. The van der Waals surface area contributed by atoms with E-state index in [9.17, 15) is 23.2 Å². The minimum Gasteiger partial charge on any atom is -0.444 e. The number of benzene rings is 1. The van der Waals surface area contributed by atoms with Crippen molar-refractivity contribution in [1.82, 2.24) is 4.90 Å². The van der Waals surface area contributed by atoms with Gasteiger partial charge in [-0.15, -0.1) is 0 Å². The smallest absolute Gasteiger partial charge is 0.435 e. The van der Waals surface area contributed by atoms with Crippen molar-refractivity contribution in [3.63, 3.8) is 0 Å². The average molecular weight is 670 g/mol. The number of halogens is 7. The van der Waals surface area contributed by atoms with Gasteiger partial charge in [-0.1, -0.05) is 75.0 Å². The molecule has 1 amide bonds. The maximum atomic E-state index is 14.5. The minimum absolute atomic E-state index is 0.0587. The number of likely N-dealkylation sites (tertiary alicyclic amines) is 1. The van der Waals surface area contributed by atoms with Crippen LogP contribution in [-0.2, 0) is 15.2 Å². The first-order valence-corrected chi connectivity index (χ1v) is 13.8. The highest BCUT2D eigenvalue weighted by atomic mass is 79.9. The fourth-order valence-electron chi connectivity index (χ4n) is 4.89. The molecule has 1 aromatic carbocycles. The lowest BCUT2D eigenvalue weighted by Gasteiger charge is -2.47. The molecule has 4 rings (SSSR count). The average Bonchev–Trinajstić information content (AvgIpc) is 3.24.